The quantitative estimate of drug-likeness (QED) is 0.376. The number of hydrogen-bond donors (Lipinski definition) is 2. The van der Waals surface area contributed by atoms with Crippen molar-refractivity contribution in [1.29, 1.82) is 0 Å². The normalized spacial score (nSPS) is 17.4. The third-order valence-corrected chi connectivity index (χ3v) is 3.31. The highest BCUT2D eigenvalue weighted by atomic mass is 127. The molecule has 1 fully saturated rings. The van der Waals surface area contributed by atoms with E-state index in [4.69, 9.17) is 0 Å². The maximum Gasteiger partial charge on any atom is 0.390 e. The van der Waals surface area contributed by atoms with Crippen molar-refractivity contribution in [3.8, 4) is 0 Å². The Morgan fingerprint density at radius 3 is 2.33 bits per heavy atom. The first-order valence-electron chi connectivity index (χ1n) is 7.09. The lowest BCUT2D eigenvalue weighted by Gasteiger charge is -2.23. The second kappa shape index (κ2) is 9.70. The van der Waals surface area contributed by atoms with Gasteiger partial charge in [0.05, 0.1) is 13.0 Å². The van der Waals surface area contributed by atoms with E-state index in [0.717, 1.165) is 0 Å². The smallest absolute Gasteiger partial charge is 0.357 e. The molecule has 1 atom stereocenters. The molecule has 0 aromatic heterocycles. The number of guanidine groups is 1. The molecular formula is C13H26F3IN4. The largest absolute Gasteiger partial charge is 0.390 e. The molecule has 0 spiro atoms. The lowest BCUT2D eigenvalue weighted by Crippen LogP contribution is -2.40. The minimum Gasteiger partial charge on any atom is -0.357 e. The van der Waals surface area contributed by atoms with Gasteiger partial charge in [0.15, 0.2) is 5.96 Å². The zero-order valence-electron chi connectivity index (χ0n) is 12.8. The monoisotopic (exact) mass is 422 g/mol. The molecule has 0 bridgehead atoms. The molecule has 0 heterocycles. The van der Waals surface area contributed by atoms with Gasteiger partial charge in [-0.05, 0) is 39.8 Å². The van der Waals surface area contributed by atoms with Gasteiger partial charge in [-0.3, -0.25) is 4.99 Å². The van der Waals surface area contributed by atoms with Crippen LogP contribution in [0.2, 0.25) is 0 Å². The second-order valence-corrected chi connectivity index (χ2v) is 5.38. The van der Waals surface area contributed by atoms with Crippen molar-refractivity contribution in [3.05, 3.63) is 0 Å². The topological polar surface area (TPSA) is 39.7 Å². The minimum absolute atomic E-state index is 0. The first-order valence-corrected chi connectivity index (χ1v) is 7.09. The van der Waals surface area contributed by atoms with Crippen molar-refractivity contribution >= 4 is 29.9 Å². The number of aliphatic imine (C=N–C) groups is 1. The van der Waals surface area contributed by atoms with Crippen LogP contribution in [0, 0.1) is 5.92 Å². The lowest BCUT2D eigenvalue weighted by atomic mass is 10.2. The van der Waals surface area contributed by atoms with Gasteiger partial charge in [-0.1, -0.05) is 0 Å². The Balaban J connectivity index is 0.00000400. The van der Waals surface area contributed by atoms with Crippen LogP contribution in [-0.4, -0.2) is 56.8 Å². The summed E-state index contributed by atoms with van der Waals surface area (Å²) < 4.78 is 36.4. The maximum absolute atomic E-state index is 12.1. The Hall–Kier alpha value is -0.250. The summed E-state index contributed by atoms with van der Waals surface area (Å²) in [6.45, 7) is 2.99. The highest BCUT2D eigenvalue weighted by molar-refractivity contribution is 14.0. The van der Waals surface area contributed by atoms with Gasteiger partial charge in [0.1, 0.15) is 0 Å². The number of halogens is 4. The van der Waals surface area contributed by atoms with Gasteiger partial charge >= 0.3 is 6.18 Å². The van der Waals surface area contributed by atoms with Crippen LogP contribution in [0.15, 0.2) is 4.99 Å². The molecule has 126 valence electrons. The summed E-state index contributed by atoms with van der Waals surface area (Å²) in [5.74, 6) is 1.14. The van der Waals surface area contributed by atoms with E-state index in [1.807, 2.05) is 21.0 Å². The molecule has 0 saturated heterocycles. The van der Waals surface area contributed by atoms with Crippen LogP contribution in [0.1, 0.15) is 26.2 Å². The van der Waals surface area contributed by atoms with Gasteiger partial charge in [-0.2, -0.15) is 13.2 Å². The van der Waals surface area contributed by atoms with E-state index < -0.39 is 12.6 Å². The maximum atomic E-state index is 12.1. The summed E-state index contributed by atoms with van der Waals surface area (Å²) in [5, 5.41) is 5.71. The van der Waals surface area contributed by atoms with Crippen molar-refractivity contribution in [2.24, 2.45) is 10.9 Å². The van der Waals surface area contributed by atoms with Gasteiger partial charge in [0.2, 0.25) is 0 Å². The highest BCUT2D eigenvalue weighted by Gasteiger charge is 2.32. The predicted molar refractivity (Wildman–Crippen MR) is 90.3 cm³/mol. The summed E-state index contributed by atoms with van der Waals surface area (Å²) in [6, 6.07) is 0.369. The van der Waals surface area contributed by atoms with Gasteiger partial charge in [-0.15, -0.1) is 24.0 Å². The van der Waals surface area contributed by atoms with Gasteiger partial charge in [0.25, 0.3) is 0 Å². The van der Waals surface area contributed by atoms with Gasteiger partial charge in [0, 0.05) is 19.1 Å². The first-order chi connectivity index (χ1) is 9.33. The van der Waals surface area contributed by atoms with Crippen LogP contribution >= 0.6 is 24.0 Å². The van der Waals surface area contributed by atoms with E-state index in [1.165, 1.54) is 12.8 Å². The number of likely N-dealkylation sites (N-methyl/N-ethyl adjacent to an activating group) is 1. The summed E-state index contributed by atoms with van der Waals surface area (Å²) in [6.07, 6.45) is -2.55. The Bertz CT molecular complexity index is 315. The van der Waals surface area contributed by atoms with Crippen molar-refractivity contribution in [2.75, 3.05) is 33.7 Å². The molecule has 1 rings (SSSR count). The molecule has 8 heteroatoms. The first kappa shape index (κ1) is 20.8. The van der Waals surface area contributed by atoms with Crippen LogP contribution in [0.4, 0.5) is 13.2 Å². The fraction of sp³-hybridized carbons (Fsp3) is 0.923. The van der Waals surface area contributed by atoms with Crippen LogP contribution < -0.4 is 10.6 Å². The average molecular weight is 422 g/mol. The van der Waals surface area contributed by atoms with E-state index in [0.29, 0.717) is 31.0 Å². The third-order valence-electron chi connectivity index (χ3n) is 3.31. The van der Waals surface area contributed by atoms with Crippen LogP contribution in [0.3, 0.4) is 0 Å². The molecule has 21 heavy (non-hydrogen) atoms. The number of nitrogens with one attached hydrogen (secondary N) is 2. The van der Waals surface area contributed by atoms with E-state index in [9.17, 15) is 13.2 Å². The zero-order valence-corrected chi connectivity index (χ0v) is 15.2. The van der Waals surface area contributed by atoms with E-state index in [-0.39, 0.29) is 30.5 Å². The van der Waals surface area contributed by atoms with E-state index >= 15 is 0 Å². The summed E-state index contributed by atoms with van der Waals surface area (Å²) in [4.78, 5) is 6.54. The molecular weight excluding hydrogens is 396 g/mol. The molecule has 4 nitrogen and oxygen atoms in total. The molecule has 0 amide bonds. The van der Waals surface area contributed by atoms with Crippen molar-refractivity contribution in [3.63, 3.8) is 0 Å². The molecule has 0 aliphatic heterocycles. The summed E-state index contributed by atoms with van der Waals surface area (Å²) >= 11 is 0. The fourth-order valence-electron chi connectivity index (χ4n) is 2.06. The van der Waals surface area contributed by atoms with Crippen molar-refractivity contribution in [1.82, 2.24) is 15.5 Å². The summed E-state index contributed by atoms with van der Waals surface area (Å²) in [7, 11) is 4.03. The Morgan fingerprint density at radius 1 is 1.29 bits per heavy atom. The molecule has 0 radical (unpaired) electrons. The number of hydrogen-bond acceptors (Lipinski definition) is 2. The molecule has 1 unspecified atom stereocenters. The predicted octanol–water partition coefficient (Wildman–Crippen LogP) is 2.45. The Kier molecular flexibility index (Phi) is 9.59. The number of alkyl halides is 3. The Morgan fingerprint density at radius 2 is 1.90 bits per heavy atom. The van der Waals surface area contributed by atoms with Crippen LogP contribution in [0.5, 0.6) is 0 Å². The number of nitrogens with zero attached hydrogens (tertiary/aromatic N) is 2. The van der Waals surface area contributed by atoms with Crippen LogP contribution in [-0.2, 0) is 0 Å². The minimum atomic E-state index is -4.13. The molecule has 1 aliphatic rings. The lowest BCUT2D eigenvalue weighted by molar-refractivity contribution is -0.132. The van der Waals surface area contributed by atoms with Crippen molar-refractivity contribution < 1.29 is 13.2 Å². The summed E-state index contributed by atoms with van der Waals surface area (Å²) in [5.41, 5.74) is 0. The molecule has 2 N–H and O–H groups in total. The van der Waals surface area contributed by atoms with Gasteiger partial charge in [-0.25, -0.2) is 0 Å². The average Bonchev–Trinajstić information content (AvgIpc) is 3.11. The fourth-order valence-corrected chi connectivity index (χ4v) is 2.06. The van der Waals surface area contributed by atoms with Gasteiger partial charge < -0.3 is 15.5 Å². The molecule has 1 aliphatic carbocycles. The second-order valence-electron chi connectivity index (χ2n) is 5.38. The Labute approximate surface area is 142 Å². The standard InChI is InChI=1S/C13H25F3N4.HI/c1-4-17-12(18-8-7-13(14,15)16)19-9-11(20(2)3)10-5-6-10;/h10-11H,4-9H2,1-3H3,(H2,17,18,19);1H. The third kappa shape index (κ3) is 9.38. The number of rotatable bonds is 7. The zero-order chi connectivity index (χ0) is 15.2. The van der Waals surface area contributed by atoms with E-state index in [1.54, 1.807) is 0 Å². The SMILES string of the molecule is CCNC(=NCC(C1CC1)N(C)C)NCCC(F)(F)F.I. The van der Waals surface area contributed by atoms with Crippen molar-refractivity contribution in [2.45, 2.75) is 38.4 Å². The van der Waals surface area contributed by atoms with Crippen LogP contribution in [0.25, 0.3) is 0 Å². The van der Waals surface area contributed by atoms with E-state index in [2.05, 4.69) is 20.5 Å². The highest BCUT2D eigenvalue weighted by Crippen LogP contribution is 2.34. The molecule has 0 aromatic rings. The molecule has 0 aromatic carbocycles. The molecule has 1 saturated carbocycles.